The van der Waals surface area contributed by atoms with Crippen LogP contribution in [-0.4, -0.2) is 37.8 Å². The summed E-state index contributed by atoms with van der Waals surface area (Å²) in [6.45, 7) is 0.553. The quantitative estimate of drug-likeness (QED) is 0.611. The Balaban J connectivity index is 1.45. The van der Waals surface area contributed by atoms with E-state index in [9.17, 15) is 22.8 Å². The molecule has 2 aromatic rings. The molecule has 1 atom stereocenters. The van der Waals surface area contributed by atoms with Crippen molar-refractivity contribution in [2.75, 3.05) is 30.4 Å². The molecule has 166 valence electrons. The van der Waals surface area contributed by atoms with Crippen LogP contribution in [0, 0.1) is 0 Å². The van der Waals surface area contributed by atoms with Crippen molar-refractivity contribution in [3.8, 4) is 5.75 Å². The number of hydrogen-bond donors (Lipinski definition) is 3. The van der Waals surface area contributed by atoms with E-state index in [1.54, 1.807) is 24.3 Å². The van der Waals surface area contributed by atoms with Gasteiger partial charge in [0.2, 0.25) is 0 Å². The molecule has 1 aliphatic heterocycles. The predicted octanol–water partition coefficient (Wildman–Crippen LogP) is 4.02. The third-order valence-electron chi connectivity index (χ3n) is 4.49. The van der Waals surface area contributed by atoms with E-state index < -0.39 is 30.0 Å². The Bertz CT molecular complexity index is 897. The number of carbonyl (C=O) groups is 2. The summed E-state index contributed by atoms with van der Waals surface area (Å²) in [5.41, 5.74) is -0.0304. The summed E-state index contributed by atoms with van der Waals surface area (Å²) in [6.07, 6.45) is -2.64. The van der Waals surface area contributed by atoms with Crippen molar-refractivity contribution in [1.29, 1.82) is 0 Å². The molecule has 1 aliphatic rings. The molecule has 0 saturated carbocycles. The molecule has 1 unspecified atom stereocenters. The highest BCUT2D eigenvalue weighted by Gasteiger charge is 2.34. The number of carbonyl (C=O) groups excluding carboxylic acids is 2. The fourth-order valence-electron chi connectivity index (χ4n) is 2.99. The summed E-state index contributed by atoms with van der Waals surface area (Å²) < 4.78 is 49.3. The lowest BCUT2D eigenvalue weighted by Gasteiger charge is -2.14. The van der Waals surface area contributed by atoms with Crippen molar-refractivity contribution < 1.29 is 32.2 Å². The fourth-order valence-corrected chi connectivity index (χ4v) is 2.99. The van der Waals surface area contributed by atoms with Crippen LogP contribution in [-0.2, 0) is 15.7 Å². The number of alkyl halides is 3. The van der Waals surface area contributed by atoms with Crippen molar-refractivity contribution in [1.82, 2.24) is 5.32 Å². The van der Waals surface area contributed by atoms with Gasteiger partial charge in [0, 0.05) is 24.5 Å². The lowest BCUT2D eigenvalue weighted by molar-refractivity contribution is -0.139. The molecule has 3 rings (SSSR count). The number of anilines is 2. The van der Waals surface area contributed by atoms with Gasteiger partial charge in [0.05, 0.1) is 11.7 Å². The van der Waals surface area contributed by atoms with Gasteiger partial charge in [-0.2, -0.15) is 13.2 Å². The second-order valence-corrected chi connectivity index (χ2v) is 6.88. The molecule has 0 aromatic heterocycles. The molecule has 0 spiro atoms. The molecule has 0 bridgehead atoms. The zero-order valence-electron chi connectivity index (χ0n) is 16.5. The molecular formula is C21H22F3N3O4. The van der Waals surface area contributed by atoms with Crippen molar-refractivity contribution in [3.05, 3.63) is 54.1 Å². The Morgan fingerprint density at radius 3 is 2.35 bits per heavy atom. The Kier molecular flexibility index (Phi) is 7.35. The summed E-state index contributed by atoms with van der Waals surface area (Å²) in [5, 5.41) is 7.91. The second-order valence-electron chi connectivity index (χ2n) is 6.88. The summed E-state index contributed by atoms with van der Waals surface area (Å²) in [4.78, 5) is 23.9. The van der Waals surface area contributed by atoms with E-state index in [4.69, 9.17) is 9.47 Å². The molecule has 2 aromatic carbocycles. The Hall–Kier alpha value is -3.27. The van der Waals surface area contributed by atoms with Gasteiger partial charge in [-0.3, -0.25) is 4.79 Å². The summed E-state index contributed by atoms with van der Waals surface area (Å²) >= 11 is 0. The smallest absolute Gasteiger partial charge is 0.419 e. The van der Waals surface area contributed by atoms with Crippen LogP contribution in [0.3, 0.4) is 0 Å². The van der Waals surface area contributed by atoms with Crippen LogP contribution in [0.15, 0.2) is 48.5 Å². The molecule has 3 amide bonds. The minimum Gasteiger partial charge on any atom is -0.483 e. The first-order valence-electron chi connectivity index (χ1n) is 9.66. The Morgan fingerprint density at radius 2 is 1.71 bits per heavy atom. The van der Waals surface area contributed by atoms with Gasteiger partial charge in [0.25, 0.3) is 5.91 Å². The van der Waals surface area contributed by atoms with Gasteiger partial charge in [-0.1, -0.05) is 12.1 Å². The molecular weight excluding hydrogens is 415 g/mol. The molecule has 0 radical (unpaired) electrons. The first kappa shape index (κ1) is 22.4. The normalized spacial score (nSPS) is 15.9. The Morgan fingerprint density at radius 1 is 1.03 bits per heavy atom. The standard InChI is InChI=1S/C21H22F3N3O4/c22-21(23,24)17-5-1-2-6-18(17)31-13-19(28)26-14-7-9-15(10-8-14)27-20(29)25-12-16-4-3-11-30-16/h1-2,5-10,16H,3-4,11-13H2,(H,26,28)(H2,25,27,29). The third kappa shape index (κ3) is 6.88. The van der Waals surface area contributed by atoms with Crippen molar-refractivity contribution in [2.24, 2.45) is 0 Å². The molecule has 0 aliphatic carbocycles. The second kappa shape index (κ2) is 10.2. The number of nitrogens with one attached hydrogen (secondary N) is 3. The van der Waals surface area contributed by atoms with Crippen molar-refractivity contribution >= 4 is 23.3 Å². The van der Waals surface area contributed by atoms with Crippen LogP contribution in [0.1, 0.15) is 18.4 Å². The number of benzene rings is 2. The van der Waals surface area contributed by atoms with Gasteiger partial charge in [-0.05, 0) is 49.2 Å². The van der Waals surface area contributed by atoms with E-state index in [0.29, 0.717) is 24.5 Å². The summed E-state index contributed by atoms with van der Waals surface area (Å²) in [7, 11) is 0. The van der Waals surface area contributed by atoms with E-state index in [0.717, 1.165) is 25.0 Å². The molecule has 31 heavy (non-hydrogen) atoms. The van der Waals surface area contributed by atoms with Gasteiger partial charge >= 0.3 is 12.2 Å². The van der Waals surface area contributed by atoms with Gasteiger partial charge in [-0.25, -0.2) is 4.79 Å². The van der Waals surface area contributed by atoms with Gasteiger partial charge in [0.15, 0.2) is 6.61 Å². The zero-order valence-corrected chi connectivity index (χ0v) is 16.5. The molecule has 3 N–H and O–H groups in total. The van der Waals surface area contributed by atoms with Crippen molar-refractivity contribution in [2.45, 2.75) is 25.1 Å². The number of amides is 3. The topological polar surface area (TPSA) is 88.7 Å². The monoisotopic (exact) mass is 437 g/mol. The van der Waals surface area contributed by atoms with E-state index in [1.807, 2.05) is 0 Å². The van der Waals surface area contributed by atoms with Crippen LogP contribution in [0.25, 0.3) is 0 Å². The van der Waals surface area contributed by atoms with E-state index in [1.165, 1.54) is 12.1 Å². The maximum absolute atomic E-state index is 13.0. The molecule has 1 saturated heterocycles. The highest BCUT2D eigenvalue weighted by Crippen LogP contribution is 2.35. The van der Waals surface area contributed by atoms with E-state index in [-0.39, 0.29) is 12.1 Å². The molecule has 1 fully saturated rings. The average Bonchev–Trinajstić information content (AvgIpc) is 3.25. The number of halogens is 3. The van der Waals surface area contributed by atoms with Gasteiger partial charge in [0.1, 0.15) is 5.75 Å². The largest absolute Gasteiger partial charge is 0.483 e. The first-order valence-corrected chi connectivity index (χ1v) is 9.66. The van der Waals surface area contributed by atoms with Crippen LogP contribution < -0.4 is 20.7 Å². The first-order chi connectivity index (χ1) is 14.8. The highest BCUT2D eigenvalue weighted by molar-refractivity contribution is 5.93. The lowest BCUT2D eigenvalue weighted by atomic mass is 10.2. The number of rotatable bonds is 7. The zero-order chi connectivity index (χ0) is 22.3. The molecule has 1 heterocycles. The fraction of sp³-hybridized carbons (Fsp3) is 0.333. The molecule has 7 nitrogen and oxygen atoms in total. The highest BCUT2D eigenvalue weighted by atomic mass is 19.4. The minimum absolute atomic E-state index is 0.0358. The molecule has 10 heteroatoms. The average molecular weight is 437 g/mol. The number of hydrogen-bond acceptors (Lipinski definition) is 4. The van der Waals surface area contributed by atoms with Crippen molar-refractivity contribution in [3.63, 3.8) is 0 Å². The minimum atomic E-state index is -4.58. The lowest BCUT2D eigenvalue weighted by Crippen LogP contribution is -2.35. The summed E-state index contributed by atoms with van der Waals surface area (Å²) in [5.74, 6) is -1.04. The van der Waals surface area contributed by atoms with Crippen LogP contribution >= 0.6 is 0 Å². The van der Waals surface area contributed by atoms with Gasteiger partial charge < -0.3 is 25.4 Å². The summed E-state index contributed by atoms with van der Waals surface area (Å²) in [6, 6.07) is 10.6. The Labute approximate surface area is 176 Å². The number of para-hydroxylation sites is 1. The maximum atomic E-state index is 13.0. The predicted molar refractivity (Wildman–Crippen MR) is 108 cm³/mol. The maximum Gasteiger partial charge on any atom is 0.419 e. The third-order valence-corrected chi connectivity index (χ3v) is 4.49. The number of ether oxygens (including phenoxy) is 2. The van der Waals surface area contributed by atoms with Crippen LogP contribution in [0.2, 0.25) is 0 Å². The van der Waals surface area contributed by atoms with E-state index in [2.05, 4.69) is 16.0 Å². The SMILES string of the molecule is O=C(COc1ccccc1C(F)(F)F)Nc1ccc(NC(=O)NCC2CCCO2)cc1. The number of urea groups is 1. The van der Waals surface area contributed by atoms with Gasteiger partial charge in [-0.15, -0.1) is 0 Å². The van der Waals surface area contributed by atoms with E-state index >= 15 is 0 Å². The van der Waals surface area contributed by atoms with Crippen LogP contribution in [0.5, 0.6) is 5.75 Å². The van der Waals surface area contributed by atoms with Crippen LogP contribution in [0.4, 0.5) is 29.3 Å².